The molecule has 1 aliphatic heterocycles. The van der Waals surface area contributed by atoms with Gasteiger partial charge in [0.05, 0.1) is 12.5 Å². The van der Waals surface area contributed by atoms with E-state index in [4.69, 9.17) is 0 Å². The van der Waals surface area contributed by atoms with Gasteiger partial charge in [-0.15, -0.1) is 0 Å². The predicted molar refractivity (Wildman–Crippen MR) is 157 cm³/mol. The van der Waals surface area contributed by atoms with Crippen LogP contribution in [0.15, 0.2) is 91.0 Å². The molecular formula is C32H30N4O5. The summed E-state index contributed by atoms with van der Waals surface area (Å²) < 4.78 is 0. The molecule has 0 aromatic heterocycles. The van der Waals surface area contributed by atoms with Gasteiger partial charge in [0.1, 0.15) is 6.42 Å². The van der Waals surface area contributed by atoms with Crippen molar-refractivity contribution in [2.45, 2.75) is 31.8 Å². The lowest BCUT2D eigenvalue weighted by molar-refractivity contribution is -0.137. The summed E-state index contributed by atoms with van der Waals surface area (Å²) >= 11 is 0. The van der Waals surface area contributed by atoms with Crippen LogP contribution in [0.5, 0.6) is 0 Å². The number of amides is 4. The third-order valence-corrected chi connectivity index (χ3v) is 7.04. The van der Waals surface area contributed by atoms with Crippen LogP contribution in [0.25, 0.3) is 10.8 Å². The molecular weight excluding hydrogens is 520 g/mol. The van der Waals surface area contributed by atoms with E-state index >= 15 is 0 Å². The van der Waals surface area contributed by atoms with E-state index in [9.17, 15) is 24.3 Å². The first-order valence-electron chi connectivity index (χ1n) is 13.4. The molecule has 4 aromatic rings. The number of carboxylic acid groups (broad SMARTS) is 1. The SMILES string of the molecule is O=C(O)CC(NC(=O)CC(=O)N1CCc2ccc(NC(=O)NCc3ccccc3)cc21)c1ccc2ccccc2c1. The first-order chi connectivity index (χ1) is 19.9. The highest BCUT2D eigenvalue weighted by molar-refractivity contribution is 6.06. The number of nitrogens with one attached hydrogen (secondary N) is 3. The monoisotopic (exact) mass is 550 g/mol. The number of rotatable bonds is 9. The maximum absolute atomic E-state index is 13.2. The Morgan fingerprint density at radius 2 is 1.61 bits per heavy atom. The first kappa shape index (κ1) is 27.4. The van der Waals surface area contributed by atoms with Gasteiger partial charge in [-0.25, -0.2) is 4.79 Å². The van der Waals surface area contributed by atoms with E-state index in [-0.39, 0.29) is 12.5 Å². The van der Waals surface area contributed by atoms with Crippen molar-refractivity contribution in [1.29, 1.82) is 0 Å². The molecule has 0 aliphatic carbocycles. The van der Waals surface area contributed by atoms with E-state index in [0.29, 0.717) is 36.4 Å². The van der Waals surface area contributed by atoms with Crippen molar-refractivity contribution in [1.82, 2.24) is 10.6 Å². The minimum atomic E-state index is -1.06. The summed E-state index contributed by atoms with van der Waals surface area (Å²) in [6.07, 6.45) is -0.119. The fourth-order valence-corrected chi connectivity index (χ4v) is 5.00. The van der Waals surface area contributed by atoms with E-state index in [1.54, 1.807) is 18.2 Å². The average Bonchev–Trinajstić information content (AvgIpc) is 3.39. The lowest BCUT2D eigenvalue weighted by Gasteiger charge is -2.21. The largest absolute Gasteiger partial charge is 0.481 e. The Labute approximate surface area is 237 Å². The number of hydrogen-bond donors (Lipinski definition) is 4. The molecule has 1 unspecified atom stereocenters. The Balaban J connectivity index is 1.22. The molecule has 0 radical (unpaired) electrons. The lowest BCUT2D eigenvalue weighted by Crippen LogP contribution is -2.36. The maximum Gasteiger partial charge on any atom is 0.319 e. The Bertz CT molecular complexity index is 1600. The van der Waals surface area contributed by atoms with Gasteiger partial charge in [0, 0.05) is 24.5 Å². The van der Waals surface area contributed by atoms with Gasteiger partial charge in [-0.3, -0.25) is 14.4 Å². The van der Waals surface area contributed by atoms with Gasteiger partial charge in [-0.1, -0.05) is 72.8 Å². The second-order valence-electron chi connectivity index (χ2n) is 9.93. The predicted octanol–water partition coefficient (Wildman–Crippen LogP) is 4.77. The highest BCUT2D eigenvalue weighted by Gasteiger charge is 2.28. The van der Waals surface area contributed by atoms with Gasteiger partial charge < -0.3 is 26.0 Å². The second kappa shape index (κ2) is 12.3. The number of urea groups is 1. The number of carbonyl (C=O) groups is 4. The molecule has 1 heterocycles. The quantitative estimate of drug-likeness (QED) is 0.223. The Kier molecular flexibility index (Phi) is 8.24. The van der Waals surface area contributed by atoms with Crippen molar-refractivity contribution >= 4 is 46.0 Å². The minimum Gasteiger partial charge on any atom is -0.481 e. The average molecular weight is 551 g/mol. The standard InChI is InChI=1S/C32H30N4O5/c37-29(35-27(18-31(39)40)25-11-10-22-8-4-5-9-24(22)16-25)19-30(38)36-15-14-23-12-13-26(17-28(23)36)34-32(41)33-20-21-6-2-1-3-7-21/h1-13,16-17,27H,14-15,18-20H2,(H,35,37)(H,39,40)(H2,33,34,41). The van der Waals surface area contributed by atoms with Gasteiger partial charge in [0.25, 0.3) is 0 Å². The molecule has 9 nitrogen and oxygen atoms in total. The van der Waals surface area contributed by atoms with Crippen LogP contribution in [0.4, 0.5) is 16.2 Å². The number of hydrogen-bond acceptors (Lipinski definition) is 4. The normalized spacial score (nSPS) is 12.8. The zero-order valence-electron chi connectivity index (χ0n) is 22.3. The Morgan fingerprint density at radius 1 is 0.854 bits per heavy atom. The molecule has 5 rings (SSSR count). The van der Waals surface area contributed by atoms with Gasteiger partial charge in [0.15, 0.2) is 0 Å². The van der Waals surface area contributed by atoms with Crippen LogP contribution in [-0.2, 0) is 27.3 Å². The van der Waals surface area contributed by atoms with Crippen LogP contribution in [0.2, 0.25) is 0 Å². The number of benzene rings is 4. The van der Waals surface area contributed by atoms with Crippen molar-refractivity contribution < 1.29 is 24.3 Å². The number of fused-ring (bicyclic) bond motifs is 2. The van der Waals surface area contributed by atoms with Crippen molar-refractivity contribution in [3.8, 4) is 0 Å². The van der Waals surface area contributed by atoms with E-state index in [1.807, 2.05) is 72.8 Å². The fraction of sp³-hybridized carbons (Fsp3) is 0.188. The number of carbonyl (C=O) groups excluding carboxylic acids is 3. The van der Waals surface area contributed by atoms with Crippen molar-refractivity contribution in [2.75, 3.05) is 16.8 Å². The summed E-state index contributed by atoms with van der Waals surface area (Å²) in [5, 5.41) is 19.7. The lowest BCUT2D eigenvalue weighted by atomic mass is 9.99. The fourth-order valence-electron chi connectivity index (χ4n) is 5.00. The molecule has 1 aliphatic rings. The minimum absolute atomic E-state index is 0.313. The van der Waals surface area contributed by atoms with Crippen LogP contribution in [0, 0.1) is 0 Å². The van der Waals surface area contributed by atoms with Crippen LogP contribution in [0.1, 0.15) is 35.6 Å². The highest BCUT2D eigenvalue weighted by atomic mass is 16.4. The van der Waals surface area contributed by atoms with Gasteiger partial charge in [-0.05, 0) is 52.1 Å². The van der Waals surface area contributed by atoms with Gasteiger partial charge in [0.2, 0.25) is 11.8 Å². The Hall–Kier alpha value is -5.18. The summed E-state index contributed by atoms with van der Waals surface area (Å²) in [5.41, 5.74) is 3.73. The van der Waals surface area contributed by atoms with E-state index < -0.39 is 30.2 Å². The molecule has 4 amide bonds. The topological polar surface area (TPSA) is 128 Å². The molecule has 0 bridgehead atoms. The summed E-state index contributed by atoms with van der Waals surface area (Å²) in [7, 11) is 0. The van der Waals surface area contributed by atoms with E-state index in [2.05, 4.69) is 16.0 Å². The molecule has 208 valence electrons. The summed E-state index contributed by atoms with van der Waals surface area (Å²) in [6, 6.07) is 27.0. The second-order valence-corrected chi connectivity index (χ2v) is 9.93. The van der Waals surface area contributed by atoms with Crippen LogP contribution in [-0.4, -0.2) is 35.5 Å². The molecule has 4 N–H and O–H groups in total. The summed E-state index contributed by atoms with van der Waals surface area (Å²) in [4.78, 5) is 51.6. The molecule has 9 heteroatoms. The molecule has 0 saturated carbocycles. The molecule has 0 saturated heterocycles. The number of aliphatic carboxylic acids is 1. The number of anilines is 2. The summed E-state index contributed by atoms with van der Waals surface area (Å²) in [6.45, 7) is 0.785. The molecule has 1 atom stereocenters. The summed E-state index contributed by atoms with van der Waals surface area (Å²) in [5.74, 6) is -2.02. The highest BCUT2D eigenvalue weighted by Crippen LogP contribution is 2.31. The third kappa shape index (κ3) is 6.88. The zero-order valence-corrected chi connectivity index (χ0v) is 22.3. The molecule has 0 fully saturated rings. The smallest absolute Gasteiger partial charge is 0.319 e. The van der Waals surface area contributed by atoms with Gasteiger partial charge in [-0.2, -0.15) is 0 Å². The van der Waals surface area contributed by atoms with Gasteiger partial charge >= 0.3 is 12.0 Å². The van der Waals surface area contributed by atoms with Crippen molar-refractivity contribution in [3.05, 3.63) is 108 Å². The van der Waals surface area contributed by atoms with Crippen molar-refractivity contribution in [3.63, 3.8) is 0 Å². The van der Waals surface area contributed by atoms with Crippen LogP contribution >= 0.6 is 0 Å². The molecule has 0 spiro atoms. The molecule has 41 heavy (non-hydrogen) atoms. The van der Waals surface area contributed by atoms with Crippen LogP contribution < -0.4 is 20.9 Å². The number of nitrogens with zero attached hydrogens (tertiary/aromatic N) is 1. The zero-order chi connectivity index (χ0) is 28.8. The molecule has 4 aromatic carbocycles. The van der Waals surface area contributed by atoms with Crippen molar-refractivity contribution in [2.24, 2.45) is 0 Å². The maximum atomic E-state index is 13.2. The Morgan fingerprint density at radius 3 is 2.39 bits per heavy atom. The number of carboxylic acids is 1. The van der Waals surface area contributed by atoms with Crippen LogP contribution in [0.3, 0.4) is 0 Å². The first-order valence-corrected chi connectivity index (χ1v) is 13.4. The van der Waals surface area contributed by atoms with E-state index in [0.717, 1.165) is 21.9 Å². The third-order valence-electron chi connectivity index (χ3n) is 7.04. The van der Waals surface area contributed by atoms with E-state index in [1.165, 1.54) is 4.90 Å².